The lowest BCUT2D eigenvalue weighted by atomic mass is 10.4. The van der Waals surface area contributed by atoms with Crippen LogP contribution >= 0.6 is 11.6 Å². The smallest absolute Gasteiger partial charge is 0.135 e. The van der Waals surface area contributed by atoms with Gasteiger partial charge in [-0.05, 0) is 26.0 Å². The van der Waals surface area contributed by atoms with Crippen molar-refractivity contribution in [2.75, 3.05) is 12.4 Å². The standard InChI is InChI=1S/C10H13ClN4/c1-7(11)6-10(12-3)15-9-4-5-13-8(2)14-9/h4-6H,1-3H3,(H,12,13,14,15)/b7-6+. The summed E-state index contributed by atoms with van der Waals surface area (Å²) in [5.41, 5.74) is 0. The first-order chi connectivity index (χ1) is 7.11. The van der Waals surface area contributed by atoms with E-state index in [0.717, 1.165) is 0 Å². The predicted octanol–water partition coefficient (Wildman–Crippen LogP) is 2.37. The summed E-state index contributed by atoms with van der Waals surface area (Å²) >= 11 is 5.76. The van der Waals surface area contributed by atoms with Gasteiger partial charge in [0.05, 0.1) is 0 Å². The van der Waals surface area contributed by atoms with Crippen LogP contribution in [-0.4, -0.2) is 22.9 Å². The molecular weight excluding hydrogens is 212 g/mol. The summed E-state index contributed by atoms with van der Waals surface area (Å²) in [6, 6.07) is 1.77. The number of hydrogen-bond acceptors (Lipinski definition) is 3. The molecule has 15 heavy (non-hydrogen) atoms. The summed E-state index contributed by atoms with van der Waals surface area (Å²) in [7, 11) is 1.69. The summed E-state index contributed by atoms with van der Waals surface area (Å²) in [4.78, 5) is 12.2. The average molecular weight is 225 g/mol. The second-order valence-electron chi connectivity index (χ2n) is 2.95. The Hall–Kier alpha value is -1.42. The fourth-order valence-electron chi connectivity index (χ4n) is 1.00. The van der Waals surface area contributed by atoms with Crippen LogP contribution in [0.4, 0.5) is 5.82 Å². The molecule has 1 heterocycles. The zero-order valence-corrected chi connectivity index (χ0v) is 9.71. The number of nitrogens with zero attached hydrogens (tertiary/aromatic N) is 3. The van der Waals surface area contributed by atoms with E-state index in [4.69, 9.17) is 11.6 Å². The third-order valence-electron chi connectivity index (χ3n) is 1.61. The minimum Gasteiger partial charge on any atom is -0.325 e. The van der Waals surface area contributed by atoms with E-state index in [1.54, 1.807) is 32.3 Å². The van der Waals surface area contributed by atoms with Gasteiger partial charge in [0.25, 0.3) is 0 Å². The highest BCUT2D eigenvalue weighted by Crippen LogP contribution is 2.04. The van der Waals surface area contributed by atoms with Crippen molar-refractivity contribution in [2.24, 2.45) is 4.99 Å². The van der Waals surface area contributed by atoms with Crippen LogP contribution in [0, 0.1) is 6.92 Å². The summed E-state index contributed by atoms with van der Waals surface area (Å²) in [5, 5.41) is 3.70. The number of amidine groups is 1. The van der Waals surface area contributed by atoms with Crippen LogP contribution < -0.4 is 5.32 Å². The lowest BCUT2D eigenvalue weighted by molar-refractivity contribution is 1.06. The SMILES string of the molecule is CN=C(/C=C(\C)Cl)Nc1ccnc(C)n1. The number of halogens is 1. The summed E-state index contributed by atoms with van der Waals surface area (Å²) in [6.07, 6.45) is 3.42. The maximum absolute atomic E-state index is 5.76. The lowest BCUT2D eigenvalue weighted by Gasteiger charge is -2.05. The maximum atomic E-state index is 5.76. The molecule has 0 aliphatic carbocycles. The van der Waals surface area contributed by atoms with Crippen molar-refractivity contribution in [3.8, 4) is 0 Å². The first-order valence-corrected chi connectivity index (χ1v) is 4.87. The highest BCUT2D eigenvalue weighted by molar-refractivity contribution is 6.31. The van der Waals surface area contributed by atoms with Crippen molar-refractivity contribution >= 4 is 23.3 Å². The van der Waals surface area contributed by atoms with E-state index >= 15 is 0 Å². The molecule has 1 N–H and O–H groups in total. The van der Waals surface area contributed by atoms with Gasteiger partial charge < -0.3 is 5.32 Å². The van der Waals surface area contributed by atoms with Crippen molar-refractivity contribution in [2.45, 2.75) is 13.8 Å². The van der Waals surface area contributed by atoms with Crippen LogP contribution in [0.5, 0.6) is 0 Å². The third-order valence-corrected chi connectivity index (χ3v) is 1.72. The lowest BCUT2D eigenvalue weighted by Crippen LogP contribution is -2.11. The predicted molar refractivity (Wildman–Crippen MR) is 63.4 cm³/mol. The van der Waals surface area contributed by atoms with Crippen molar-refractivity contribution in [3.63, 3.8) is 0 Å². The molecule has 0 amide bonds. The van der Waals surface area contributed by atoms with Gasteiger partial charge in [-0.3, -0.25) is 4.99 Å². The molecule has 5 heteroatoms. The van der Waals surface area contributed by atoms with E-state index in [2.05, 4.69) is 20.3 Å². The number of anilines is 1. The Bertz CT molecular complexity index is 394. The van der Waals surface area contributed by atoms with Gasteiger partial charge in [0, 0.05) is 18.3 Å². The molecule has 0 saturated heterocycles. The number of allylic oxidation sites excluding steroid dienone is 1. The van der Waals surface area contributed by atoms with Gasteiger partial charge in [0.1, 0.15) is 17.5 Å². The Kier molecular flexibility index (Phi) is 4.24. The number of aryl methyl sites for hydroxylation is 1. The first-order valence-electron chi connectivity index (χ1n) is 4.49. The van der Waals surface area contributed by atoms with Gasteiger partial charge in [0.2, 0.25) is 0 Å². The Morgan fingerprint density at radius 1 is 1.60 bits per heavy atom. The van der Waals surface area contributed by atoms with Crippen molar-refractivity contribution in [3.05, 3.63) is 29.2 Å². The summed E-state index contributed by atoms with van der Waals surface area (Å²) in [6.45, 7) is 3.62. The molecule has 1 rings (SSSR count). The maximum Gasteiger partial charge on any atom is 0.135 e. The van der Waals surface area contributed by atoms with Crippen LogP contribution in [0.2, 0.25) is 0 Å². The van der Waals surface area contributed by atoms with Crippen LogP contribution in [-0.2, 0) is 0 Å². The minimum absolute atomic E-state index is 0.661. The summed E-state index contributed by atoms with van der Waals surface area (Å²) in [5.74, 6) is 2.08. The number of nitrogens with one attached hydrogen (secondary N) is 1. The molecule has 4 nitrogen and oxygen atoms in total. The summed E-state index contributed by atoms with van der Waals surface area (Å²) < 4.78 is 0. The number of aromatic nitrogens is 2. The molecule has 0 spiro atoms. The van der Waals surface area contributed by atoms with E-state index < -0.39 is 0 Å². The molecular formula is C10H13ClN4. The van der Waals surface area contributed by atoms with Crippen LogP contribution in [0.25, 0.3) is 0 Å². The second-order valence-corrected chi connectivity index (χ2v) is 3.55. The average Bonchev–Trinajstić information content (AvgIpc) is 2.16. The zero-order valence-electron chi connectivity index (χ0n) is 8.95. The molecule has 80 valence electrons. The Balaban J connectivity index is 2.81. The van der Waals surface area contributed by atoms with Crippen molar-refractivity contribution in [1.29, 1.82) is 0 Å². The zero-order chi connectivity index (χ0) is 11.3. The molecule has 0 radical (unpaired) electrons. The van der Waals surface area contributed by atoms with Crippen LogP contribution in [0.15, 0.2) is 28.4 Å². The minimum atomic E-state index is 0.661. The molecule has 0 saturated carbocycles. The molecule has 0 fully saturated rings. The van der Waals surface area contributed by atoms with Crippen LogP contribution in [0.3, 0.4) is 0 Å². The highest BCUT2D eigenvalue weighted by Gasteiger charge is 1.98. The largest absolute Gasteiger partial charge is 0.325 e. The fraction of sp³-hybridized carbons (Fsp3) is 0.300. The van der Waals surface area contributed by atoms with Gasteiger partial charge in [0.15, 0.2) is 0 Å². The Labute approximate surface area is 94.1 Å². The topological polar surface area (TPSA) is 50.2 Å². The quantitative estimate of drug-likeness (QED) is 0.620. The molecule has 0 atom stereocenters. The number of hydrogen-bond donors (Lipinski definition) is 1. The van der Waals surface area contributed by atoms with Crippen molar-refractivity contribution < 1.29 is 0 Å². The Morgan fingerprint density at radius 2 is 2.33 bits per heavy atom. The van der Waals surface area contributed by atoms with Gasteiger partial charge in [-0.1, -0.05) is 11.6 Å². The molecule has 0 unspecified atom stereocenters. The Morgan fingerprint density at radius 3 is 2.87 bits per heavy atom. The van der Waals surface area contributed by atoms with E-state index in [1.807, 2.05) is 6.92 Å². The fourth-order valence-corrected chi connectivity index (χ4v) is 1.11. The molecule has 1 aromatic rings. The second kappa shape index (κ2) is 5.46. The van der Waals surface area contributed by atoms with E-state index in [0.29, 0.717) is 22.5 Å². The molecule has 0 aliphatic heterocycles. The van der Waals surface area contributed by atoms with Crippen molar-refractivity contribution in [1.82, 2.24) is 9.97 Å². The van der Waals surface area contributed by atoms with Crippen LogP contribution in [0.1, 0.15) is 12.7 Å². The van der Waals surface area contributed by atoms with Gasteiger partial charge in [-0.25, -0.2) is 9.97 Å². The molecule has 0 bridgehead atoms. The molecule has 0 aliphatic rings. The van der Waals surface area contributed by atoms with E-state index in [1.165, 1.54) is 0 Å². The number of rotatable bonds is 2. The third kappa shape index (κ3) is 4.08. The van der Waals surface area contributed by atoms with Gasteiger partial charge in [-0.15, -0.1) is 0 Å². The normalized spacial score (nSPS) is 12.8. The molecule has 1 aromatic heterocycles. The van der Waals surface area contributed by atoms with Gasteiger partial charge >= 0.3 is 0 Å². The monoisotopic (exact) mass is 224 g/mol. The highest BCUT2D eigenvalue weighted by atomic mass is 35.5. The van der Waals surface area contributed by atoms with E-state index in [9.17, 15) is 0 Å². The molecule has 0 aromatic carbocycles. The number of aliphatic imine (C=N–C) groups is 1. The first kappa shape index (κ1) is 11.7. The van der Waals surface area contributed by atoms with E-state index in [-0.39, 0.29) is 0 Å². The van der Waals surface area contributed by atoms with Gasteiger partial charge in [-0.2, -0.15) is 0 Å².